The summed E-state index contributed by atoms with van der Waals surface area (Å²) in [7, 11) is 1.80. The maximum Gasteiger partial charge on any atom is 0.254 e. The van der Waals surface area contributed by atoms with Gasteiger partial charge >= 0.3 is 0 Å². The first-order chi connectivity index (χ1) is 8.62. The fraction of sp³-hybridized carbons (Fsp3) is 0.571. The summed E-state index contributed by atoms with van der Waals surface area (Å²) in [5.41, 5.74) is 0.694. The molecule has 1 aromatic rings. The van der Waals surface area contributed by atoms with Crippen LogP contribution in [0.1, 0.15) is 37.6 Å². The van der Waals surface area contributed by atoms with Crippen LogP contribution in [0, 0.1) is 5.92 Å². The summed E-state index contributed by atoms with van der Waals surface area (Å²) in [5.74, 6) is 1.33. The van der Waals surface area contributed by atoms with Crippen molar-refractivity contribution < 1.29 is 4.79 Å². The van der Waals surface area contributed by atoms with E-state index in [9.17, 15) is 4.79 Å². The zero-order valence-corrected chi connectivity index (χ0v) is 11.7. The Kier molecular flexibility index (Phi) is 5.62. The molecule has 0 radical (unpaired) electrons. The van der Waals surface area contributed by atoms with Crippen LogP contribution in [0.4, 0.5) is 5.82 Å². The quantitative estimate of drug-likeness (QED) is 0.843. The highest BCUT2D eigenvalue weighted by molar-refractivity contribution is 5.94. The standard InChI is InChI=1S/C14H23N3O/c1-5-11(3)10-17(6-2)14(18)12-7-8-16-13(9-12)15-4/h7-9,11H,5-6,10H2,1-4H3,(H,15,16). The minimum atomic E-state index is 0.0803. The van der Waals surface area contributed by atoms with Gasteiger partial charge in [0.15, 0.2) is 0 Å². The van der Waals surface area contributed by atoms with Crippen LogP contribution in [0.3, 0.4) is 0 Å². The molecule has 0 aliphatic rings. The van der Waals surface area contributed by atoms with Crippen LogP contribution in [-0.2, 0) is 0 Å². The third-order valence-corrected chi connectivity index (χ3v) is 3.16. The Balaban J connectivity index is 2.82. The molecule has 0 spiro atoms. The lowest BCUT2D eigenvalue weighted by Gasteiger charge is -2.24. The maximum atomic E-state index is 12.4. The second-order valence-corrected chi connectivity index (χ2v) is 4.54. The molecule has 0 fully saturated rings. The smallest absolute Gasteiger partial charge is 0.254 e. The van der Waals surface area contributed by atoms with Gasteiger partial charge in [-0.15, -0.1) is 0 Å². The zero-order chi connectivity index (χ0) is 13.5. The molecule has 0 aliphatic carbocycles. The molecule has 1 amide bonds. The minimum Gasteiger partial charge on any atom is -0.373 e. The SMILES string of the molecule is CCC(C)CN(CC)C(=O)c1ccnc(NC)c1. The van der Waals surface area contributed by atoms with Gasteiger partial charge in [-0.3, -0.25) is 4.79 Å². The predicted octanol–water partition coefficient (Wildman–Crippen LogP) is 2.63. The average molecular weight is 249 g/mol. The number of carbonyl (C=O) groups excluding carboxylic acids is 1. The van der Waals surface area contributed by atoms with Crippen molar-refractivity contribution in [1.82, 2.24) is 9.88 Å². The van der Waals surface area contributed by atoms with E-state index in [1.807, 2.05) is 11.8 Å². The van der Waals surface area contributed by atoms with Crippen molar-refractivity contribution in [2.24, 2.45) is 5.92 Å². The Morgan fingerprint density at radius 1 is 1.50 bits per heavy atom. The van der Waals surface area contributed by atoms with Crippen molar-refractivity contribution in [1.29, 1.82) is 0 Å². The van der Waals surface area contributed by atoms with Crippen molar-refractivity contribution in [3.8, 4) is 0 Å². The Hall–Kier alpha value is -1.58. The number of amides is 1. The first-order valence-corrected chi connectivity index (χ1v) is 6.55. The maximum absolute atomic E-state index is 12.4. The summed E-state index contributed by atoms with van der Waals surface area (Å²) >= 11 is 0. The highest BCUT2D eigenvalue weighted by Gasteiger charge is 2.16. The van der Waals surface area contributed by atoms with E-state index in [1.165, 1.54) is 0 Å². The van der Waals surface area contributed by atoms with Gasteiger partial charge in [0.25, 0.3) is 5.91 Å². The normalized spacial score (nSPS) is 12.0. The third kappa shape index (κ3) is 3.72. The van der Waals surface area contributed by atoms with E-state index in [4.69, 9.17) is 0 Å². The van der Waals surface area contributed by atoms with E-state index in [-0.39, 0.29) is 5.91 Å². The van der Waals surface area contributed by atoms with Crippen LogP contribution in [0.15, 0.2) is 18.3 Å². The van der Waals surface area contributed by atoms with Gasteiger partial charge in [-0.1, -0.05) is 20.3 Å². The lowest BCUT2D eigenvalue weighted by Crippen LogP contribution is -2.34. The van der Waals surface area contributed by atoms with Crippen LogP contribution in [0.5, 0.6) is 0 Å². The number of anilines is 1. The molecule has 1 heterocycles. The van der Waals surface area contributed by atoms with E-state index in [0.717, 1.165) is 25.3 Å². The third-order valence-electron chi connectivity index (χ3n) is 3.16. The second kappa shape index (κ2) is 6.99. The summed E-state index contributed by atoms with van der Waals surface area (Å²) in [5, 5.41) is 2.95. The van der Waals surface area contributed by atoms with Crippen molar-refractivity contribution in [3.63, 3.8) is 0 Å². The molecule has 0 saturated heterocycles. The summed E-state index contributed by atoms with van der Waals surface area (Å²) < 4.78 is 0. The van der Waals surface area contributed by atoms with Gasteiger partial charge in [0.05, 0.1) is 0 Å². The van der Waals surface area contributed by atoms with Crippen LogP contribution < -0.4 is 5.32 Å². The number of nitrogens with zero attached hydrogens (tertiary/aromatic N) is 2. The van der Waals surface area contributed by atoms with Crippen LogP contribution in [0.25, 0.3) is 0 Å². The monoisotopic (exact) mass is 249 g/mol. The molecular formula is C14H23N3O. The molecule has 4 heteroatoms. The Labute approximate surface area is 109 Å². The van der Waals surface area contributed by atoms with Gasteiger partial charge in [0.1, 0.15) is 5.82 Å². The highest BCUT2D eigenvalue weighted by atomic mass is 16.2. The molecule has 0 aliphatic heterocycles. The molecule has 18 heavy (non-hydrogen) atoms. The Morgan fingerprint density at radius 2 is 2.22 bits per heavy atom. The van der Waals surface area contributed by atoms with Crippen molar-refractivity contribution in [2.75, 3.05) is 25.5 Å². The minimum absolute atomic E-state index is 0.0803. The summed E-state index contributed by atoms with van der Waals surface area (Å²) in [6.45, 7) is 7.87. The number of pyridine rings is 1. The Morgan fingerprint density at radius 3 is 2.78 bits per heavy atom. The molecular weight excluding hydrogens is 226 g/mol. The number of aromatic nitrogens is 1. The van der Waals surface area contributed by atoms with Crippen molar-refractivity contribution >= 4 is 11.7 Å². The zero-order valence-electron chi connectivity index (χ0n) is 11.7. The summed E-state index contributed by atoms with van der Waals surface area (Å²) in [6, 6.07) is 3.56. The molecule has 1 atom stereocenters. The molecule has 1 aromatic heterocycles. The molecule has 1 unspecified atom stereocenters. The van der Waals surface area contributed by atoms with E-state index < -0.39 is 0 Å². The number of carbonyl (C=O) groups is 1. The van der Waals surface area contributed by atoms with Crippen LogP contribution in [-0.4, -0.2) is 35.9 Å². The molecule has 100 valence electrons. The van der Waals surface area contributed by atoms with Gasteiger partial charge in [0, 0.05) is 31.9 Å². The first kappa shape index (κ1) is 14.5. The van der Waals surface area contributed by atoms with Gasteiger partial charge < -0.3 is 10.2 Å². The molecule has 0 bridgehead atoms. The average Bonchev–Trinajstić information content (AvgIpc) is 2.43. The first-order valence-electron chi connectivity index (χ1n) is 6.55. The van der Waals surface area contributed by atoms with Crippen molar-refractivity contribution in [3.05, 3.63) is 23.9 Å². The molecule has 1 rings (SSSR count). The molecule has 4 nitrogen and oxygen atoms in total. The Bertz CT molecular complexity index is 392. The predicted molar refractivity (Wildman–Crippen MR) is 74.8 cm³/mol. The van der Waals surface area contributed by atoms with Gasteiger partial charge in [-0.2, -0.15) is 0 Å². The van der Waals surface area contributed by atoms with E-state index in [1.54, 1.807) is 25.4 Å². The fourth-order valence-electron chi connectivity index (χ4n) is 1.74. The number of hydrogen-bond acceptors (Lipinski definition) is 3. The van der Waals surface area contributed by atoms with E-state index >= 15 is 0 Å². The highest BCUT2D eigenvalue weighted by Crippen LogP contribution is 2.12. The largest absolute Gasteiger partial charge is 0.373 e. The van der Waals surface area contributed by atoms with Gasteiger partial charge in [-0.05, 0) is 25.0 Å². The number of rotatable bonds is 6. The number of hydrogen-bond donors (Lipinski definition) is 1. The summed E-state index contributed by atoms with van der Waals surface area (Å²) in [4.78, 5) is 18.4. The van der Waals surface area contributed by atoms with Crippen LogP contribution >= 0.6 is 0 Å². The second-order valence-electron chi connectivity index (χ2n) is 4.54. The lowest BCUT2D eigenvalue weighted by atomic mass is 10.1. The van der Waals surface area contributed by atoms with Gasteiger partial charge in [-0.25, -0.2) is 4.98 Å². The molecule has 0 aromatic carbocycles. The number of nitrogens with one attached hydrogen (secondary N) is 1. The van der Waals surface area contributed by atoms with Crippen LogP contribution in [0.2, 0.25) is 0 Å². The van der Waals surface area contributed by atoms with E-state index in [0.29, 0.717) is 11.5 Å². The van der Waals surface area contributed by atoms with Crippen molar-refractivity contribution in [2.45, 2.75) is 27.2 Å². The lowest BCUT2D eigenvalue weighted by molar-refractivity contribution is 0.0741. The summed E-state index contributed by atoms with van der Waals surface area (Å²) in [6.07, 6.45) is 2.75. The molecule has 1 N–H and O–H groups in total. The topological polar surface area (TPSA) is 45.2 Å². The molecule has 0 saturated carbocycles. The fourth-order valence-corrected chi connectivity index (χ4v) is 1.74. The van der Waals surface area contributed by atoms with Gasteiger partial charge in [0.2, 0.25) is 0 Å². The van der Waals surface area contributed by atoms with E-state index in [2.05, 4.69) is 24.1 Å².